The number of ketones is 1. The molecule has 0 aliphatic rings. The predicted octanol–water partition coefficient (Wildman–Crippen LogP) is 5.34. The first-order chi connectivity index (χ1) is 12.8. The van der Waals surface area contributed by atoms with Gasteiger partial charge in [0.25, 0.3) is 5.91 Å². The quantitative estimate of drug-likeness (QED) is 0.744. The summed E-state index contributed by atoms with van der Waals surface area (Å²) in [6, 6.07) is 6.28. The average Bonchev–Trinajstić information content (AvgIpc) is 2.89. The number of rotatable bonds is 5. The summed E-state index contributed by atoms with van der Waals surface area (Å²) in [7, 11) is 0. The van der Waals surface area contributed by atoms with Gasteiger partial charge in [0.15, 0.2) is 0 Å². The first kappa shape index (κ1) is 21.7. The molecule has 4 nitrogen and oxygen atoms in total. The molecule has 0 spiro atoms. The van der Waals surface area contributed by atoms with Crippen molar-refractivity contribution < 1.29 is 22.8 Å². The topological polar surface area (TPSA) is 51.1 Å². The lowest BCUT2D eigenvalue weighted by Gasteiger charge is -2.22. The van der Waals surface area contributed by atoms with Gasteiger partial charge in [-0.15, -0.1) is 0 Å². The van der Waals surface area contributed by atoms with E-state index in [1.165, 1.54) is 19.1 Å². The van der Waals surface area contributed by atoms with E-state index in [1.54, 1.807) is 13.0 Å². The molecule has 0 saturated carbocycles. The van der Waals surface area contributed by atoms with Gasteiger partial charge in [0.2, 0.25) is 0 Å². The molecule has 1 amide bonds. The first-order valence-corrected chi connectivity index (χ1v) is 8.99. The third kappa shape index (κ3) is 5.03. The van der Waals surface area contributed by atoms with Gasteiger partial charge in [-0.1, -0.05) is 26.8 Å². The molecular formula is C21H25F3N2O2. The van der Waals surface area contributed by atoms with Crippen LogP contribution in [0.25, 0.3) is 0 Å². The molecule has 28 heavy (non-hydrogen) atoms. The van der Waals surface area contributed by atoms with Crippen molar-refractivity contribution in [3.63, 3.8) is 0 Å². The van der Waals surface area contributed by atoms with Crippen molar-refractivity contribution >= 4 is 17.4 Å². The van der Waals surface area contributed by atoms with E-state index in [2.05, 4.69) is 5.32 Å². The molecule has 0 unspecified atom stereocenters. The highest BCUT2D eigenvalue weighted by Crippen LogP contribution is 2.31. The Morgan fingerprint density at radius 3 is 2.29 bits per heavy atom. The highest BCUT2D eigenvalue weighted by molar-refractivity contribution is 6.05. The van der Waals surface area contributed by atoms with E-state index in [9.17, 15) is 22.8 Å². The van der Waals surface area contributed by atoms with Crippen molar-refractivity contribution in [1.82, 2.24) is 4.57 Å². The number of halogens is 3. The standard InChI is InChI=1S/C21H25F3N2O2/c1-13(27)9-10-26-14(2)17(12-18(26)20(3,4)5)19(28)25-16-8-6-7-15(11-16)21(22,23)24/h6-8,11-12H,9-10H2,1-5H3,(H,25,28). The number of anilines is 1. The Hall–Kier alpha value is -2.57. The van der Waals surface area contributed by atoms with Crippen LogP contribution in [0.2, 0.25) is 0 Å². The van der Waals surface area contributed by atoms with Crippen molar-refractivity contribution in [3.05, 3.63) is 52.8 Å². The number of benzene rings is 1. The molecule has 2 rings (SSSR count). The molecule has 1 heterocycles. The maximum Gasteiger partial charge on any atom is 0.416 e. The molecule has 1 aromatic carbocycles. The van der Waals surface area contributed by atoms with Crippen LogP contribution in [0, 0.1) is 6.92 Å². The molecule has 1 aromatic heterocycles. The summed E-state index contributed by atoms with van der Waals surface area (Å²) >= 11 is 0. The zero-order valence-corrected chi connectivity index (χ0v) is 16.7. The van der Waals surface area contributed by atoms with Crippen LogP contribution in [0.4, 0.5) is 18.9 Å². The van der Waals surface area contributed by atoms with Crippen LogP contribution < -0.4 is 5.32 Å². The SMILES string of the molecule is CC(=O)CCn1c(C(C)(C)C)cc(C(=O)Nc2cccc(C(F)(F)F)c2)c1C. The average molecular weight is 394 g/mol. The lowest BCUT2D eigenvalue weighted by molar-refractivity contribution is -0.137. The van der Waals surface area contributed by atoms with Crippen molar-refractivity contribution in [2.45, 2.75) is 59.2 Å². The van der Waals surface area contributed by atoms with Gasteiger partial charge >= 0.3 is 6.18 Å². The number of aromatic nitrogens is 1. The van der Waals surface area contributed by atoms with E-state index in [0.717, 1.165) is 17.8 Å². The van der Waals surface area contributed by atoms with Gasteiger partial charge in [-0.3, -0.25) is 9.59 Å². The Labute approximate surface area is 162 Å². The summed E-state index contributed by atoms with van der Waals surface area (Å²) in [6.07, 6.45) is -4.14. The second-order valence-electron chi connectivity index (χ2n) is 7.92. The van der Waals surface area contributed by atoms with Crippen molar-refractivity contribution in [3.8, 4) is 0 Å². The molecular weight excluding hydrogens is 369 g/mol. The van der Waals surface area contributed by atoms with E-state index in [0.29, 0.717) is 24.2 Å². The zero-order chi connectivity index (χ0) is 21.3. The molecule has 0 atom stereocenters. The molecule has 2 aromatic rings. The molecule has 0 aliphatic heterocycles. The number of amides is 1. The first-order valence-electron chi connectivity index (χ1n) is 8.99. The molecule has 1 N–H and O–H groups in total. The number of hydrogen-bond donors (Lipinski definition) is 1. The number of carbonyl (C=O) groups excluding carboxylic acids is 2. The maximum atomic E-state index is 12.9. The number of alkyl halides is 3. The van der Waals surface area contributed by atoms with E-state index < -0.39 is 17.6 Å². The molecule has 0 bridgehead atoms. The van der Waals surface area contributed by atoms with Crippen LogP contribution in [-0.2, 0) is 22.9 Å². The minimum Gasteiger partial charge on any atom is -0.347 e. The summed E-state index contributed by atoms with van der Waals surface area (Å²) in [5.74, 6) is -0.438. The smallest absolute Gasteiger partial charge is 0.347 e. The van der Waals surface area contributed by atoms with Crippen LogP contribution in [0.3, 0.4) is 0 Å². The van der Waals surface area contributed by atoms with Gasteiger partial charge in [0, 0.05) is 35.5 Å². The third-order valence-electron chi connectivity index (χ3n) is 4.51. The Kier molecular flexibility index (Phi) is 6.06. The zero-order valence-electron chi connectivity index (χ0n) is 16.7. The fourth-order valence-corrected chi connectivity index (χ4v) is 3.03. The summed E-state index contributed by atoms with van der Waals surface area (Å²) in [5.41, 5.74) is 0.933. The Bertz CT molecular complexity index is 890. The molecule has 152 valence electrons. The van der Waals surface area contributed by atoms with Gasteiger partial charge in [0.1, 0.15) is 5.78 Å². The third-order valence-corrected chi connectivity index (χ3v) is 4.51. The molecule has 0 radical (unpaired) electrons. The van der Waals surface area contributed by atoms with Crippen LogP contribution in [0.1, 0.15) is 61.4 Å². The van der Waals surface area contributed by atoms with Crippen molar-refractivity contribution in [2.24, 2.45) is 0 Å². The van der Waals surface area contributed by atoms with Gasteiger partial charge < -0.3 is 9.88 Å². The predicted molar refractivity (Wildman–Crippen MR) is 103 cm³/mol. The highest BCUT2D eigenvalue weighted by Gasteiger charge is 2.31. The number of nitrogens with zero attached hydrogens (tertiary/aromatic N) is 1. The Morgan fingerprint density at radius 1 is 1.11 bits per heavy atom. The lowest BCUT2D eigenvalue weighted by atomic mass is 9.91. The fourth-order valence-electron chi connectivity index (χ4n) is 3.03. The van der Waals surface area contributed by atoms with Crippen LogP contribution in [0.5, 0.6) is 0 Å². The molecule has 0 saturated heterocycles. The molecule has 0 aliphatic carbocycles. The summed E-state index contributed by atoms with van der Waals surface area (Å²) in [4.78, 5) is 24.2. The normalized spacial score (nSPS) is 12.1. The summed E-state index contributed by atoms with van der Waals surface area (Å²) in [6.45, 7) is 9.74. The van der Waals surface area contributed by atoms with Crippen LogP contribution >= 0.6 is 0 Å². The van der Waals surface area contributed by atoms with E-state index in [4.69, 9.17) is 0 Å². The summed E-state index contributed by atoms with van der Waals surface area (Å²) < 4.78 is 40.6. The number of nitrogens with one attached hydrogen (secondary N) is 1. The Morgan fingerprint density at radius 2 is 1.75 bits per heavy atom. The summed E-state index contributed by atoms with van der Waals surface area (Å²) in [5, 5.41) is 2.55. The minimum absolute atomic E-state index is 0.0444. The number of Topliss-reactive ketones (excluding diaryl/α,β-unsaturated/α-hetero) is 1. The minimum atomic E-state index is -4.48. The van der Waals surface area contributed by atoms with Gasteiger partial charge in [0.05, 0.1) is 11.1 Å². The lowest BCUT2D eigenvalue weighted by Crippen LogP contribution is -2.19. The van der Waals surface area contributed by atoms with Crippen molar-refractivity contribution in [1.29, 1.82) is 0 Å². The highest BCUT2D eigenvalue weighted by atomic mass is 19.4. The van der Waals surface area contributed by atoms with Gasteiger partial charge in [-0.25, -0.2) is 0 Å². The van der Waals surface area contributed by atoms with E-state index >= 15 is 0 Å². The van der Waals surface area contributed by atoms with Gasteiger partial charge in [-0.05, 0) is 38.1 Å². The van der Waals surface area contributed by atoms with Crippen LogP contribution in [-0.4, -0.2) is 16.3 Å². The maximum absolute atomic E-state index is 12.9. The number of carbonyl (C=O) groups is 2. The molecule has 0 fully saturated rings. The second kappa shape index (κ2) is 7.81. The Balaban J connectivity index is 2.37. The number of hydrogen-bond acceptors (Lipinski definition) is 2. The van der Waals surface area contributed by atoms with E-state index in [1.807, 2.05) is 25.3 Å². The molecule has 7 heteroatoms. The largest absolute Gasteiger partial charge is 0.416 e. The monoisotopic (exact) mass is 394 g/mol. The second-order valence-corrected chi connectivity index (χ2v) is 7.92. The fraction of sp³-hybridized carbons (Fsp3) is 0.429. The van der Waals surface area contributed by atoms with Gasteiger partial charge in [-0.2, -0.15) is 13.2 Å². The van der Waals surface area contributed by atoms with E-state index in [-0.39, 0.29) is 16.9 Å². The van der Waals surface area contributed by atoms with Crippen LogP contribution in [0.15, 0.2) is 30.3 Å². The van der Waals surface area contributed by atoms with Crippen molar-refractivity contribution in [2.75, 3.05) is 5.32 Å².